The van der Waals surface area contributed by atoms with Gasteiger partial charge >= 0.3 is 0 Å². The number of aryl methyl sites for hydroxylation is 1. The number of rotatable bonds is 8. The molecule has 4 aromatic rings. The fourth-order valence-electron chi connectivity index (χ4n) is 3.56. The number of hydrogen-bond acceptors (Lipinski definition) is 7. The molecule has 8 nitrogen and oxygen atoms in total. The molecular weight excluding hydrogens is 410 g/mol. The second-order valence-corrected chi connectivity index (χ2v) is 7.38. The first-order valence-electron chi connectivity index (χ1n) is 10.3. The van der Waals surface area contributed by atoms with Gasteiger partial charge in [-0.05, 0) is 44.3 Å². The van der Waals surface area contributed by atoms with E-state index in [1.807, 2.05) is 24.3 Å². The van der Waals surface area contributed by atoms with Crippen LogP contribution in [0.2, 0.25) is 0 Å². The Morgan fingerprint density at radius 1 is 1.12 bits per heavy atom. The number of nitrogens with zero attached hydrogens (tertiary/aromatic N) is 1. The van der Waals surface area contributed by atoms with Crippen LogP contribution in [0.5, 0.6) is 17.2 Å². The number of ether oxygens (including phenoxy) is 2. The minimum atomic E-state index is -0.595. The van der Waals surface area contributed by atoms with Gasteiger partial charge in [-0.3, -0.25) is 9.78 Å². The average molecular weight is 435 g/mol. The fraction of sp³-hybridized carbons (Fsp3) is 0.250. The second kappa shape index (κ2) is 9.25. The van der Waals surface area contributed by atoms with Crippen LogP contribution in [-0.4, -0.2) is 49.3 Å². The predicted molar refractivity (Wildman–Crippen MR) is 122 cm³/mol. The Balaban J connectivity index is 1.58. The van der Waals surface area contributed by atoms with Crippen LogP contribution in [0.1, 0.15) is 16.1 Å². The monoisotopic (exact) mass is 435 g/mol. The summed E-state index contributed by atoms with van der Waals surface area (Å²) < 4.78 is 17.5. The van der Waals surface area contributed by atoms with Crippen molar-refractivity contribution in [3.05, 3.63) is 60.0 Å². The third-order valence-electron chi connectivity index (χ3n) is 5.08. The van der Waals surface area contributed by atoms with Crippen LogP contribution in [0.4, 0.5) is 0 Å². The molecule has 2 aromatic carbocycles. The summed E-state index contributed by atoms with van der Waals surface area (Å²) in [5.41, 5.74) is 1.81. The molecule has 32 heavy (non-hydrogen) atoms. The van der Waals surface area contributed by atoms with E-state index in [0.717, 1.165) is 10.8 Å². The van der Waals surface area contributed by atoms with Gasteiger partial charge in [-0.25, -0.2) is 0 Å². The van der Waals surface area contributed by atoms with E-state index in [4.69, 9.17) is 13.9 Å². The molecule has 0 saturated carbocycles. The third kappa shape index (κ3) is 4.37. The molecule has 0 bridgehead atoms. The maximum absolute atomic E-state index is 12.1. The van der Waals surface area contributed by atoms with Gasteiger partial charge in [0, 0.05) is 42.7 Å². The molecular formula is C24H25N3O5. The number of furan rings is 1. The number of pyridine rings is 1. The molecule has 3 N–H and O–H groups in total. The molecule has 4 rings (SSSR count). The number of carbonyl (C=O) groups excluding carboxylic acids is 1. The number of nitrogens with one attached hydrogen (secondary N) is 2. The van der Waals surface area contributed by atoms with Crippen LogP contribution in [-0.2, 0) is 0 Å². The zero-order valence-corrected chi connectivity index (χ0v) is 18.1. The third-order valence-corrected chi connectivity index (χ3v) is 5.08. The van der Waals surface area contributed by atoms with Crippen LogP contribution in [0.15, 0.2) is 53.1 Å². The Hall–Kier alpha value is -3.62. The number of carbonyl (C=O) groups is 1. The standard InChI is InChI=1S/C24H25N3O5/c1-14-23(24(29)26-3)19-7-5-17(11-22(19)31-14)32-21-8-9-27-20-10-16(4-6-18(20)21)30-13-15(28)12-25-2/h4-11,15,25,28H,12-13H2,1-3H3,(H,26,29). The van der Waals surface area contributed by atoms with Crippen molar-refractivity contribution in [2.45, 2.75) is 13.0 Å². The van der Waals surface area contributed by atoms with Gasteiger partial charge < -0.3 is 29.6 Å². The maximum Gasteiger partial charge on any atom is 0.255 e. The van der Waals surface area contributed by atoms with Gasteiger partial charge in [0.15, 0.2) is 0 Å². The number of hydrogen-bond donors (Lipinski definition) is 3. The summed E-state index contributed by atoms with van der Waals surface area (Å²) in [5, 5.41) is 16.9. The Bertz CT molecular complexity index is 1270. The highest BCUT2D eigenvalue weighted by Crippen LogP contribution is 2.34. The number of aliphatic hydroxyl groups excluding tert-OH is 1. The SMILES string of the molecule is CNCC(O)COc1ccc2c(Oc3ccc4c(C(=O)NC)c(C)oc4c3)ccnc2c1. The Labute approximate surface area is 185 Å². The topological polar surface area (TPSA) is 106 Å². The van der Waals surface area contributed by atoms with Crippen LogP contribution in [0, 0.1) is 6.92 Å². The van der Waals surface area contributed by atoms with E-state index in [9.17, 15) is 9.90 Å². The first-order chi connectivity index (χ1) is 15.5. The molecule has 0 aliphatic heterocycles. The molecule has 1 unspecified atom stereocenters. The minimum absolute atomic E-state index is 0.184. The summed E-state index contributed by atoms with van der Waals surface area (Å²) in [5.74, 6) is 2.19. The second-order valence-electron chi connectivity index (χ2n) is 7.38. The zero-order valence-electron chi connectivity index (χ0n) is 18.1. The molecule has 0 saturated heterocycles. The summed E-state index contributed by atoms with van der Waals surface area (Å²) in [6.07, 6.45) is 1.07. The zero-order chi connectivity index (χ0) is 22.7. The quantitative estimate of drug-likeness (QED) is 0.389. The average Bonchev–Trinajstić information content (AvgIpc) is 3.12. The van der Waals surface area contributed by atoms with E-state index in [1.54, 1.807) is 45.4 Å². The highest BCUT2D eigenvalue weighted by atomic mass is 16.5. The number of amides is 1. The minimum Gasteiger partial charge on any atom is -0.491 e. The molecule has 0 aliphatic rings. The molecule has 1 atom stereocenters. The largest absolute Gasteiger partial charge is 0.491 e. The smallest absolute Gasteiger partial charge is 0.255 e. The van der Waals surface area contributed by atoms with Crippen molar-refractivity contribution in [3.63, 3.8) is 0 Å². The molecule has 2 heterocycles. The van der Waals surface area contributed by atoms with Crippen LogP contribution >= 0.6 is 0 Å². The van der Waals surface area contributed by atoms with E-state index in [0.29, 0.717) is 46.2 Å². The Morgan fingerprint density at radius 2 is 1.91 bits per heavy atom. The summed E-state index contributed by atoms with van der Waals surface area (Å²) >= 11 is 0. The summed E-state index contributed by atoms with van der Waals surface area (Å²) in [6.45, 7) is 2.40. The maximum atomic E-state index is 12.1. The van der Waals surface area contributed by atoms with Gasteiger partial charge in [-0.2, -0.15) is 0 Å². The van der Waals surface area contributed by atoms with Gasteiger partial charge in [-0.15, -0.1) is 0 Å². The summed E-state index contributed by atoms with van der Waals surface area (Å²) in [7, 11) is 3.37. The normalized spacial score (nSPS) is 12.1. The van der Waals surface area contributed by atoms with E-state index in [1.165, 1.54) is 0 Å². The summed E-state index contributed by atoms with van der Waals surface area (Å²) in [6, 6.07) is 12.7. The number of aromatic nitrogens is 1. The van der Waals surface area contributed by atoms with E-state index >= 15 is 0 Å². The lowest BCUT2D eigenvalue weighted by Gasteiger charge is -2.13. The van der Waals surface area contributed by atoms with Crippen molar-refractivity contribution in [1.82, 2.24) is 15.6 Å². The van der Waals surface area contributed by atoms with E-state index in [2.05, 4.69) is 15.6 Å². The number of likely N-dealkylation sites (N-methyl/N-ethyl adjacent to an activating group) is 1. The highest BCUT2D eigenvalue weighted by molar-refractivity contribution is 6.07. The predicted octanol–water partition coefficient (Wildman–Crippen LogP) is 3.40. The molecule has 8 heteroatoms. The number of benzene rings is 2. The first kappa shape index (κ1) is 21.6. The molecule has 166 valence electrons. The lowest BCUT2D eigenvalue weighted by Crippen LogP contribution is -2.29. The van der Waals surface area contributed by atoms with Gasteiger partial charge in [0.2, 0.25) is 0 Å². The molecule has 0 spiro atoms. The van der Waals surface area contributed by atoms with Crippen LogP contribution in [0.25, 0.3) is 21.9 Å². The van der Waals surface area contributed by atoms with Crippen molar-refractivity contribution in [1.29, 1.82) is 0 Å². The molecule has 0 fully saturated rings. The molecule has 0 radical (unpaired) electrons. The number of fused-ring (bicyclic) bond motifs is 2. The molecule has 2 aromatic heterocycles. The molecule has 0 aliphatic carbocycles. The van der Waals surface area contributed by atoms with Crippen molar-refractivity contribution in [2.75, 3.05) is 27.2 Å². The number of aliphatic hydroxyl groups is 1. The van der Waals surface area contributed by atoms with Gasteiger partial charge in [0.25, 0.3) is 5.91 Å². The summed E-state index contributed by atoms with van der Waals surface area (Å²) in [4.78, 5) is 16.5. The van der Waals surface area contributed by atoms with Crippen molar-refractivity contribution in [3.8, 4) is 17.2 Å². The van der Waals surface area contributed by atoms with Crippen molar-refractivity contribution >= 4 is 27.8 Å². The highest BCUT2D eigenvalue weighted by Gasteiger charge is 2.18. The van der Waals surface area contributed by atoms with Crippen LogP contribution in [0.3, 0.4) is 0 Å². The van der Waals surface area contributed by atoms with E-state index in [-0.39, 0.29) is 12.5 Å². The Morgan fingerprint density at radius 3 is 2.69 bits per heavy atom. The van der Waals surface area contributed by atoms with Crippen molar-refractivity contribution in [2.24, 2.45) is 0 Å². The Kier molecular flexibility index (Phi) is 6.25. The fourth-order valence-corrected chi connectivity index (χ4v) is 3.56. The first-order valence-corrected chi connectivity index (χ1v) is 10.3. The van der Waals surface area contributed by atoms with Gasteiger partial charge in [0.1, 0.15) is 41.3 Å². The lowest BCUT2D eigenvalue weighted by molar-refractivity contribution is 0.0963. The van der Waals surface area contributed by atoms with E-state index < -0.39 is 6.10 Å². The van der Waals surface area contributed by atoms with Gasteiger partial charge in [-0.1, -0.05) is 0 Å². The van der Waals surface area contributed by atoms with Crippen molar-refractivity contribution < 1.29 is 23.8 Å². The van der Waals surface area contributed by atoms with Crippen LogP contribution < -0.4 is 20.1 Å². The van der Waals surface area contributed by atoms with Gasteiger partial charge in [0.05, 0.1) is 11.1 Å². The molecule has 1 amide bonds. The lowest BCUT2D eigenvalue weighted by atomic mass is 10.1.